The maximum Gasteiger partial charge on any atom is 0.264 e. The van der Waals surface area contributed by atoms with Gasteiger partial charge in [0.15, 0.2) is 23.2 Å². The minimum atomic E-state index is -4.24. The summed E-state index contributed by atoms with van der Waals surface area (Å²) < 4.78 is 38.6. The fraction of sp³-hybridized carbons (Fsp3) is 0.783. The maximum atomic E-state index is 11.1. The summed E-state index contributed by atoms with van der Waals surface area (Å²) in [5.41, 5.74) is 1.32. The van der Waals surface area contributed by atoms with Gasteiger partial charge in [0, 0.05) is 5.54 Å². The number of aliphatic hydroxyl groups is 2. The Labute approximate surface area is 214 Å². The number of anilines is 1. The van der Waals surface area contributed by atoms with Crippen molar-refractivity contribution in [1.82, 2.24) is 19.5 Å². The van der Waals surface area contributed by atoms with E-state index in [1.165, 1.54) is 30.2 Å². The third-order valence-corrected chi connectivity index (χ3v) is 9.60. The maximum absolute atomic E-state index is 11.1. The zero-order chi connectivity index (χ0) is 25.7. The number of aromatic nitrogens is 4. The first-order valence-electron chi connectivity index (χ1n) is 12.4. The van der Waals surface area contributed by atoms with Crippen LogP contribution in [0.4, 0.5) is 5.82 Å². The van der Waals surface area contributed by atoms with Crippen molar-refractivity contribution in [3.8, 4) is 0 Å². The summed E-state index contributed by atoms with van der Waals surface area (Å²) in [5.74, 6) is 0.619. The van der Waals surface area contributed by atoms with E-state index in [0.29, 0.717) is 33.7 Å². The first-order valence-corrected chi connectivity index (χ1v) is 14.4. The van der Waals surface area contributed by atoms with E-state index in [0.717, 1.165) is 19.3 Å². The molecule has 1 saturated heterocycles. The summed E-state index contributed by atoms with van der Waals surface area (Å²) >= 11 is 6.34. The number of hydrogen-bond donors (Lipinski definition) is 4. The molecular weight excluding hydrogens is 510 g/mol. The zero-order valence-electron chi connectivity index (χ0n) is 20.3. The van der Waals surface area contributed by atoms with Crippen molar-refractivity contribution in [2.24, 2.45) is 16.7 Å². The standard InChI is InChI=1S/C23H32ClN5O6S/c1-21-5-12-6-22(2,8-21)10-23(7-12,9-21)28-17-14-18(27-20(24)26-17)29(11-25-14)19-16(31)15(30)13(35-19)3-4-36(32,33)34/h11-13,15-16,19,30-31H,3-10H2,1-2H3,(H,26,27,28)(H,32,33,34)/t12?,13-,15?,16?,19-,21-,22+,23?/m1/s1. The molecule has 198 valence electrons. The smallest absolute Gasteiger partial charge is 0.264 e. The lowest BCUT2D eigenvalue weighted by Gasteiger charge is -2.65. The van der Waals surface area contributed by atoms with Gasteiger partial charge in [0.2, 0.25) is 5.28 Å². The van der Waals surface area contributed by atoms with E-state index in [4.69, 9.17) is 20.9 Å². The highest BCUT2D eigenvalue weighted by Crippen LogP contribution is 2.66. The van der Waals surface area contributed by atoms with Gasteiger partial charge in [0.25, 0.3) is 10.1 Å². The molecular formula is C23H32ClN5O6S. The van der Waals surface area contributed by atoms with Gasteiger partial charge in [-0.2, -0.15) is 18.4 Å². The first kappa shape index (κ1) is 24.7. The van der Waals surface area contributed by atoms with E-state index < -0.39 is 40.4 Å². The Kier molecular flexibility index (Phi) is 5.48. The van der Waals surface area contributed by atoms with E-state index in [-0.39, 0.29) is 17.2 Å². The molecule has 4 N–H and O–H groups in total. The zero-order valence-corrected chi connectivity index (χ0v) is 21.8. The topological polar surface area (TPSA) is 160 Å². The second-order valence-electron chi connectivity index (χ2n) is 12.3. The molecule has 8 atom stereocenters. The molecule has 1 aliphatic heterocycles. The minimum absolute atomic E-state index is 0.0184. The predicted octanol–water partition coefficient (Wildman–Crippen LogP) is 2.54. The molecule has 36 heavy (non-hydrogen) atoms. The van der Waals surface area contributed by atoms with Crippen molar-refractivity contribution in [2.75, 3.05) is 11.1 Å². The third kappa shape index (κ3) is 4.19. The van der Waals surface area contributed by atoms with Crippen LogP contribution >= 0.6 is 11.6 Å². The Bertz CT molecular complexity index is 1300. The van der Waals surface area contributed by atoms with Gasteiger partial charge in [-0.3, -0.25) is 9.12 Å². The average Bonchev–Trinajstić information content (AvgIpc) is 3.24. The van der Waals surface area contributed by atoms with Gasteiger partial charge < -0.3 is 20.3 Å². The van der Waals surface area contributed by atoms with Crippen molar-refractivity contribution in [2.45, 2.75) is 88.9 Å². The van der Waals surface area contributed by atoms with Gasteiger partial charge in [-0.15, -0.1) is 0 Å². The summed E-state index contributed by atoms with van der Waals surface area (Å²) in [6, 6.07) is 0. The Morgan fingerprint density at radius 1 is 1.14 bits per heavy atom. The van der Waals surface area contributed by atoms with Gasteiger partial charge in [-0.25, -0.2) is 4.98 Å². The molecule has 4 unspecified atom stereocenters. The SMILES string of the molecule is C[C@]12CC3CC(Nc4nc(Cl)nc5c4ncn5[C@@H]4O[C@H](CCS(=O)(=O)O)C(O)C4O)(C1)C[C@@](C)(C3)C2. The van der Waals surface area contributed by atoms with Crippen LogP contribution in [0.1, 0.15) is 65.0 Å². The van der Waals surface area contributed by atoms with E-state index in [1.54, 1.807) is 0 Å². The number of nitrogens with zero attached hydrogens (tertiary/aromatic N) is 4. The van der Waals surface area contributed by atoms with E-state index in [9.17, 15) is 18.6 Å². The highest BCUT2D eigenvalue weighted by Gasteiger charge is 2.60. The Hall–Kier alpha value is -1.57. The van der Waals surface area contributed by atoms with Gasteiger partial charge in [0.05, 0.1) is 18.2 Å². The normalized spacial score (nSPS) is 41.9. The van der Waals surface area contributed by atoms with Crippen molar-refractivity contribution in [3.05, 3.63) is 11.6 Å². The monoisotopic (exact) mass is 541 g/mol. The molecule has 2 aromatic heterocycles. The van der Waals surface area contributed by atoms with Gasteiger partial charge in [-0.05, 0) is 73.3 Å². The molecule has 0 aromatic carbocycles. The molecule has 4 saturated carbocycles. The summed E-state index contributed by atoms with van der Waals surface area (Å²) in [5, 5.41) is 24.9. The van der Waals surface area contributed by atoms with Crippen molar-refractivity contribution in [3.63, 3.8) is 0 Å². The quantitative estimate of drug-likeness (QED) is 0.316. The fourth-order valence-electron chi connectivity index (χ4n) is 8.46. The fourth-order valence-corrected chi connectivity index (χ4v) is 9.16. The molecule has 2 aromatic rings. The number of fused-ring (bicyclic) bond motifs is 1. The largest absolute Gasteiger partial charge is 0.388 e. The lowest BCUT2D eigenvalue weighted by Crippen LogP contribution is -2.61. The molecule has 0 radical (unpaired) electrons. The van der Waals surface area contributed by atoms with Crippen LogP contribution in [-0.2, 0) is 14.9 Å². The van der Waals surface area contributed by atoms with Crippen LogP contribution in [0.15, 0.2) is 6.33 Å². The minimum Gasteiger partial charge on any atom is -0.388 e. The van der Waals surface area contributed by atoms with E-state index in [2.05, 4.69) is 34.1 Å². The van der Waals surface area contributed by atoms with Crippen LogP contribution in [0.3, 0.4) is 0 Å². The lowest BCUT2D eigenvalue weighted by atomic mass is 9.43. The highest BCUT2D eigenvalue weighted by molar-refractivity contribution is 7.85. The lowest BCUT2D eigenvalue weighted by molar-refractivity contribution is -0.0973. The Morgan fingerprint density at radius 2 is 1.83 bits per heavy atom. The predicted molar refractivity (Wildman–Crippen MR) is 131 cm³/mol. The number of halogens is 1. The number of hydrogen-bond acceptors (Lipinski definition) is 9. The van der Waals surface area contributed by atoms with Gasteiger partial charge in [0.1, 0.15) is 12.2 Å². The number of aliphatic hydroxyl groups excluding tert-OH is 2. The number of nitrogens with one attached hydrogen (secondary N) is 1. The number of rotatable bonds is 6. The molecule has 4 aliphatic carbocycles. The molecule has 0 spiro atoms. The molecule has 3 heterocycles. The second-order valence-corrected chi connectivity index (χ2v) is 14.2. The summed E-state index contributed by atoms with van der Waals surface area (Å²) in [4.78, 5) is 13.3. The van der Waals surface area contributed by atoms with Crippen LogP contribution in [0, 0.1) is 16.7 Å². The first-order chi connectivity index (χ1) is 16.8. The summed E-state index contributed by atoms with van der Waals surface area (Å²) in [6.45, 7) is 4.79. The average molecular weight is 542 g/mol. The Balaban J connectivity index is 1.31. The molecule has 5 fully saturated rings. The van der Waals surface area contributed by atoms with Gasteiger partial charge >= 0.3 is 0 Å². The molecule has 4 bridgehead atoms. The van der Waals surface area contributed by atoms with Crippen LogP contribution in [0.2, 0.25) is 5.28 Å². The van der Waals surface area contributed by atoms with Crippen LogP contribution < -0.4 is 5.32 Å². The van der Waals surface area contributed by atoms with E-state index >= 15 is 0 Å². The van der Waals surface area contributed by atoms with Crippen LogP contribution in [-0.4, -0.2) is 72.3 Å². The number of ether oxygens (including phenoxy) is 1. The van der Waals surface area contributed by atoms with Crippen LogP contribution in [0.5, 0.6) is 0 Å². The second kappa shape index (κ2) is 7.97. The molecule has 0 amide bonds. The molecule has 11 nitrogen and oxygen atoms in total. The van der Waals surface area contributed by atoms with Crippen LogP contribution in [0.25, 0.3) is 11.2 Å². The number of imidazole rings is 1. The third-order valence-electron chi connectivity index (χ3n) is 8.68. The highest BCUT2D eigenvalue weighted by atomic mass is 35.5. The van der Waals surface area contributed by atoms with E-state index in [1.807, 2.05) is 0 Å². The summed E-state index contributed by atoms with van der Waals surface area (Å²) in [6.07, 6.45) is 3.47. The summed E-state index contributed by atoms with van der Waals surface area (Å²) in [7, 11) is -4.24. The molecule has 5 aliphatic rings. The molecule has 13 heteroatoms. The van der Waals surface area contributed by atoms with Gasteiger partial charge in [-0.1, -0.05) is 13.8 Å². The van der Waals surface area contributed by atoms with Crippen molar-refractivity contribution in [1.29, 1.82) is 0 Å². The van der Waals surface area contributed by atoms with Crippen molar-refractivity contribution < 1.29 is 27.9 Å². The Morgan fingerprint density at radius 3 is 2.47 bits per heavy atom. The molecule has 7 rings (SSSR count). The van der Waals surface area contributed by atoms with Crippen molar-refractivity contribution >= 4 is 38.7 Å².